The van der Waals surface area contributed by atoms with Gasteiger partial charge in [-0.15, -0.1) is 0 Å². The third-order valence-corrected chi connectivity index (χ3v) is 3.63. The van der Waals surface area contributed by atoms with Crippen molar-refractivity contribution in [2.45, 2.75) is 6.04 Å². The first-order valence-electron chi connectivity index (χ1n) is 7.71. The van der Waals surface area contributed by atoms with Gasteiger partial charge in [-0.05, 0) is 24.2 Å². The second kappa shape index (κ2) is 10.1. The molecule has 0 aromatic heterocycles. The van der Waals surface area contributed by atoms with Crippen LogP contribution in [0.4, 0.5) is 5.69 Å². The fourth-order valence-corrected chi connectivity index (χ4v) is 2.53. The van der Waals surface area contributed by atoms with Crippen molar-refractivity contribution in [2.24, 2.45) is 5.73 Å². The predicted molar refractivity (Wildman–Crippen MR) is 99.5 cm³/mol. The maximum absolute atomic E-state index is 11.3. The number of carbonyl (C=O) groups excluding carboxylic acids is 1. The van der Waals surface area contributed by atoms with Crippen LogP contribution < -0.4 is 16.8 Å². The fourth-order valence-electron chi connectivity index (χ4n) is 2.53. The number of hydrogen-bond acceptors (Lipinski definition) is 5. The lowest BCUT2D eigenvalue weighted by atomic mass is 9.90. The van der Waals surface area contributed by atoms with Crippen LogP contribution in [0.15, 0.2) is 65.9 Å². The predicted octanol–water partition coefficient (Wildman–Crippen LogP) is 0.909. The fraction of sp³-hybridized carbons (Fsp3) is 0.158. The summed E-state index contributed by atoms with van der Waals surface area (Å²) in [6.45, 7) is 0. The number of hydrogen-bond donors (Lipinski definition) is 5. The van der Waals surface area contributed by atoms with Gasteiger partial charge in [-0.3, -0.25) is 10.2 Å². The summed E-state index contributed by atoms with van der Waals surface area (Å²) in [6.07, 6.45) is 0.588. The largest absolute Gasteiger partial charge is 0.400 e. The molecule has 0 spiro atoms. The van der Waals surface area contributed by atoms with Crippen LogP contribution in [0.2, 0.25) is 0 Å². The molecule has 0 bridgehead atoms. The van der Waals surface area contributed by atoms with E-state index in [-0.39, 0.29) is 17.5 Å². The van der Waals surface area contributed by atoms with Crippen LogP contribution in [0.25, 0.3) is 0 Å². The van der Waals surface area contributed by atoms with Gasteiger partial charge in [-0.1, -0.05) is 42.5 Å². The molecule has 132 valence electrons. The maximum Gasteiger partial charge on any atom is 0.166 e. The Kier molecular flexibility index (Phi) is 8.22. The normalized spacial score (nSPS) is 12.3. The van der Waals surface area contributed by atoms with Gasteiger partial charge in [-0.2, -0.15) is 0 Å². The van der Waals surface area contributed by atoms with Crippen molar-refractivity contribution in [3.8, 4) is 0 Å². The zero-order valence-corrected chi connectivity index (χ0v) is 14.5. The minimum Gasteiger partial charge on any atom is -0.400 e. The van der Waals surface area contributed by atoms with E-state index < -0.39 is 0 Å². The molecule has 0 heterocycles. The first-order chi connectivity index (χ1) is 12.1. The molecule has 0 aliphatic heterocycles. The van der Waals surface area contributed by atoms with Crippen LogP contribution >= 0.6 is 0 Å². The van der Waals surface area contributed by atoms with E-state index in [0.29, 0.717) is 17.4 Å². The van der Waals surface area contributed by atoms with Gasteiger partial charge in [0.05, 0.1) is 17.5 Å². The van der Waals surface area contributed by atoms with Gasteiger partial charge in [0.1, 0.15) is 5.69 Å². The van der Waals surface area contributed by atoms with Crippen LogP contribution in [-0.2, 0) is 4.79 Å². The van der Waals surface area contributed by atoms with Gasteiger partial charge in [0.25, 0.3) is 0 Å². The number of allylic oxidation sites excluding steroid dienone is 1. The van der Waals surface area contributed by atoms with Crippen molar-refractivity contribution >= 4 is 17.7 Å². The molecular weight excluding hydrogens is 316 g/mol. The number of quaternary nitrogens is 1. The van der Waals surface area contributed by atoms with Crippen LogP contribution in [-0.4, -0.2) is 31.3 Å². The number of carbonyl (C=O) groups is 1. The molecule has 0 radical (unpaired) electrons. The molecule has 6 heteroatoms. The second-order valence-corrected chi connectivity index (χ2v) is 5.19. The molecule has 1 atom stereocenters. The van der Waals surface area contributed by atoms with Crippen LogP contribution in [0.1, 0.15) is 17.2 Å². The number of nitrogens with two attached hydrogens (primary N) is 1. The van der Waals surface area contributed by atoms with Crippen LogP contribution in [0, 0.1) is 5.41 Å². The summed E-state index contributed by atoms with van der Waals surface area (Å²) in [5, 5.41) is 18.7. The molecule has 0 saturated heterocycles. The number of benzene rings is 2. The van der Waals surface area contributed by atoms with Crippen molar-refractivity contribution in [1.82, 2.24) is 5.32 Å². The van der Waals surface area contributed by atoms with Crippen LogP contribution in [0.5, 0.6) is 0 Å². The molecule has 0 fully saturated rings. The highest BCUT2D eigenvalue weighted by Gasteiger charge is 2.23. The molecule has 2 aromatic carbocycles. The van der Waals surface area contributed by atoms with Gasteiger partial charge >= 0.3 is 0 Å². The van der Waals surface area contributed by atoms with Crippen molar-refractivity contribution < 1.29 is 15.6 Å². The molecule has 0 saturated carbocycles. The average molecular weight is 341 g/mol. The highest BCUT2D eigenvalue weighted by atomic mass is 16.2. The van der Waals surface area contributed by atoms with E-state index in [0.717, 1.165) is 18.4 Å². The second-order valence-electron chi connectivity index (χ2n) is 5.19. The summed E-state index contributed by atoms with van der Waals surface area (Å²) in [6, 6.07) is 16.5. The number of aldehydes is 1. The topological polar surface area (TPSA) is 127 Å². The zero-order chi connectivity index (χ0) is 18.8. The van der Waals surface area contributed by atoms with E-state index >= 15 is 0 Å². The van der Waals surface area contributed by atoms with E-state index in [1.54, 1.807) is 7.05 Å². The molecule has 8 N–H and O–H groups in total. The Morgan fingerprint density at radius 1 is 1.20 bits per heavy atom. The van der Waals surface area contributed by atoms with Gasteiger partial charge in [0, 0.05) is 18.7 Å². The lowest BCUT2D eigenvalue weighted by Gasteiger charge is -2.22. The Morgan fingerprint density at radius 2 is 1.84 bits per heavy atom. The summed E-state index contributed by atoms with van der Waals surface area (Å²) in [7, 11) is 2.77. The van der Waals surface area contributed by atoms with Gasteiger partial charge in [-0.25, -0.2) is 0 Å². The van der Waals surface area contributed by atoms with Crippen molar-refractivity contribution in [1.29, 1.82) is 5.41 Å². The Morgan fingerprint density at radius 3 is 2.36 bits per heavy atom. The van der Waals surface area contributed by atoms with Crippen LogP contribution in [0.3, 0.4) is 0 Å². The van der Waals surface area contributed by atoms with Crippen molar-refractivity contribution in [3.05, 3.63) is 77.0 Å². The lowest BCUT2D eigenvalue weighted by molar-refractivity contribution is -0.254. The molecular formula is C19H25N4O2+. The number of likely N-dealkylation sites (N-methyl/N-ethyl adjacent to an activating group) is 1. The van der Waals surface area contributed by atoms with Gasteiger partial charge in [0.15, 0.2) is 6.29 Å². The number of aliphatic hydroxyl groups excluding tert-OH is 1. The number of rotatable bonds is 6. The Labute approximate surface area is 147 Å². The molecule has 1 unspecified atom stereocenters. The molecule has 0 amide bonds. The SMILES string of the molecule is CNC(/C(C(=N)c1ccccc1)=C(/N)C=O)c1cccc([NH3+])c1.CO. The maximum atomic E-state index is 11.3. The summed E-state index contributed by atoms with van der Waals surface area (Å²) in [5.74, 6) is 0. The molecule has 2 aromatic rings. The summed E-state index contributed by atoms with van der Waals surface area (Å²) >= 11 is 0. The Bertz CT molecular complexity index is 742. The third-order valence-electron chi connectivity index (χ3n) is 3.63. The monoisotopic (exact) mass is 341 g/mol. The lowest BCUT2D eigenvalue weighted by Crippen LogP contribution is -2.40. The first kappa shape index (κ1) is 20.2. The number of aliphatic hydroxyl groups is 1. The van der Waals surface area contributed by atoms with E-state index in [1.165, 1.54) is 0 Å². The molecule has 0 aliphatic rings. The van der Waals surface area contributed by atoms with E-state index in [9.17, 15) is 4.79 Å². The minimum atomic E-state index is -0.366. The quantitative estimate of drug-likeness (QED) is 0.304. The standard InChI is InChI=1S/C18H20N4O.CH4O/c1-22-18(13-8-5-9-14(19)10-13)16(15(20)11-23)17(21)12-6-3-2-4-7-12;1-2/h2-11,18,21-22H,19-20H2,1H3;2H,1H3/p+1/b16-15+,21-17?;. The Balaban J connectivity index is 0.00000151. The van der Waals surface area contributed by atoms with E-state index in [1.807, 2.05) is 54.6 Å². The van der Waals surface area contributed by atoms with Crippen molar-refractivity contribution in [2.75, 3.05) is 14.2 Å². The highest BCUT2D eigenvalue weighted by molar-refractivity contribution is 6.13. The number of nitrogens with one attached hydrogen (secondary N) is 2. The highest BCUT2D eigenvalue weighted by Crippen LogP contribution is 2.26. The minimum absolute atomic E-state index is 0.0488. The molecule has 2 rings (SSSR count). The average Bonchev–Trinajstić information content (AvgIpc) is 2.67. The summed E-state index contributed by atoms with van der Waals surface area (Å²) < 4.78 is 0. The van der Waals surface area contributed by atoms with E-state index in [2.05, 4.69) is 11.1 Å². The van der Waals surface area contributed by atoms with Crippen molar-refractivity contribution in [3.63, 3.8) is 0 Å². The van der Waals surface area contributed by atoms with Gasteiger partial charge in [0.2, 0.25) is 0 Å². The third kappa shape index (κ3) is 5.09. The molecule has 6 nitrogen and oxygen atoms in total. The van der Waals surface area contributed by atoms with E-state index in [4.69, 9.17) is 16.2 Å². The summed E-state index contributed by atoms with van der Waals surface area (Å²) in [4.78, 5) is 11.3. The molecule has 25 heavy (non-hydrogen) atoms. The smallest absolute Gasteiger partial charge is 0.166 e. The molecule has 0 aliphatic carbocycles. The summed E-state index contributed by atoms with van der Waals surface area (Å²) in [5.41, 5.74) is 13.1. The first-order valence-corrected chi connectivity index (χ1v) is 7.71. The Hall–Kier alpha value is -2.80. The van der Waals surface area contributed by atoms with Gasteiger partial charge < -0.3 is 21.9 Å². The zero-order valence-electron chi connectivity index (χ0n) is 14.5.